The van der Waals surface area contributed by atoms with Gasteiger partial charge in [-0.05, 0) is 12.1 Å². The van der Waals surface area contributed by atoms with Gasteiger partial charge in [-0.15, -0.1) is 0 Å². The second-order valence-corrected chi connectivity index (χ2v) is 3.56. The Morgan fingerprint density at radius 2 is 1.30 bits per heavy atom. The predicted molar refractivity (Wildman–Crippen MR) is 90.9 cm³/mol. The Hall–Kier alpha value is -2.80. The van der Waals surface area contributed by atoms with Crippen LogP contribution in [-0.4, -0.2) is 20.2 Å². The lowest BCUT2D eigenvalue weighted by Crippen LogP contribution is -1.85. The second-order valence-electron chi connectivity index (χ2n) is 3.56. The standard InChI is InChI=1S/2C7H6N2O.C2H6.CH4/c2*1-8-6-2-3-7(5-10)9-4-6;1-2;/h2*2-4,10H,5H2;1-2H3;1H4/i;;1D;. The minimum Gasteiger partial charge on any atom is -0.390 e. The van der Waals surface area contributed by atoms with Gasteiger partial charge in [-0.2, -0.15) is 0 Å². The van der Waals surface area contributed by atoms with Gasteiger partial charge in [0.05, 0.1) is 37.7 Å². The molecule has 0 fully saturated rings. The van der Waals surface area contributed by atoms with Gasteiger partial charge in [-0.1, -0.05) is 33.4 Å². The summed E-state index contributed by atoms with van der Waals surface area (Å²) in [6.45, 7) is 15.3. The van der Waals surface area contributed by atoms with Crippen molar-refractivity contribution in [2.24, 2.45) is 0 Å². The minimum absolute atomic E-state index is 0. The number of rotatable bonds is 2. The third-order valence-corrected chi connectivity index (χ3v) is 2.20. The molecule has 0 spiro atoms. The van der Waals surface area contributed by atoms with Crippen LogP contribution in [-0.2, 0) is 13.2 Å². The number of pyridine rings is 2. The lowest BCUT2D eigenvalue weighted by molar-refractivity contribution is 0.276. The van der Waals surface area contributed by atoms with E-state index in [1.807, 2.05) is 0 Å². The number of aliphatic hydroxyl groups is 2. The minimum atomic E-state index is -0.0712. The van der Waals surface area contributed by atoms with Gasteiger partial charge in [0.25, 0.3) is 0 Å². The van der Waals surface area contributed by atoms with Crippen molar-refractivity contribution < 1.29 is 11.6 Å². The molecular formula is C17H22N4O2. The fraction of sp³-hybridized carbons (Fsp3) is 0.294. The molecule has 0 bridgehead atoms. The largest absolute Gasteiger partial charge is 0.390 e. The summed E-state index contributed by atoms with van der Waals surface area (Å²) in [5, 5.41) is 17.1. The van der Waals surface area contributed by atoms with E-state index in [0.29, 0.717) is 29.7 Å². The zero-order valence-corrected chi connectivity index (χ0v) is 12.3. The van der Waals surface area contributed by atoms with Crippen LogP contribution in [0.2, 0.25) is 0 Å². The molecule has 2 N–H and O–H groups in total. The monoisotopic (exact) mass is 315 g/mol. The molecule has 0 saturated heterocycles. The lowest BCUT2D eigenvalue weighted by Gasteiger charge is -1.92. The molecule has 23 heavy (non-hydrogen) atoms. The normalized spacial score (nSPS) is 8.48. The molecule has 6 nitrogen and oxygen atoms in total. The van der Waals surface area contributed by atoms with E-state index in [1.165, 1.54) is 12.4 Å². The average Bonchev–Trinajstić information content (AvgIpc) is 2.63. The Labute approximate surface area is 139 Å². The highest BCUT2D eigenvalue weighted by molar-refractivity contribution is 5.42. The molecule has 6 heteroatoms. The van der Waals surface area contributed by atoms with Crippen molar-refractivity contribution in [3.05, 3.63) is 70.9 Å². The van der Waals surface area contributed by atoms with E-state index in [1.54, 1.807) is 31.2 Å². The molecule has 0 aliphatic heterocycles. The summed E-state index contributed by atoms with van der Waals surface area (Å²) >= 11 is 0. The molecule has 0 atom stereocenters. The Morgan fingerprint density at radius 1 is 0.957 bits per heavy atom. The summed E-state index contributed by atoms with van der Waals surface area (Å²) in [5.41, 5.74) is 2.18. The van der Waals surface area contributed by atoms with Gasteiger partial charge in [0.15, 0.2) is 0 Å². The maximum atomic E-state index is 8.56. The number of aliphatic hydroxyl groups excluding tert-OH is 2. The number of hydrogen-bond donors (Lipinski definition) is 2. The van der Waals surface area contributed by atoms with Crippen molar-refractivity contribution >= 4 is 11.4 Å². The molecule has 0 aliphatic rings. The lowest BCUT2D eigenvalue weighted by atomic mass is 10.3. The summed E-state index contributed by atoms with van der Waals surface area (Å²) < 4.78 is 6.21. The maximum Gasteiger partial charge on any atom is 0.205 e. The highest BCUT2D eigenvalue weighted by Gasteiger charge is 1.91. The van der Waals surface area contributed by atoms with Crippen LogP contribution in [0.25, 0.3) is 9.69 Å². The molecule has 0 saturated carbocycles. The molecule has 0 radical (unpaired) electrons. The smallest absolute Gasteiger partial charge is 0.205 e. The van der Waals surface area contributed by atoms with Gasteiger partial charge in [0, 0.05) is 13.8 Å². The molecule has 0 amide bonds. The predicted octanol–water partition coefficient (Wildman–Crippen LogP) is 3.91. The van der Waals surface area contributed by atoms with Crippen molar-refractivity contribution in [1.29, 1.82) is 0 Å². The summed E-state index contributed by atoms with van der Waals surface area (Å²) in [5.74, 6) is 0. The van der Waals surface area contributed by atoms with Gasteiger partial charge in [-0.25, -0.2) is 9.69 Å². The molecule has 2 aromatic heterocycles. The first-order valence-corrected chi connectivity index (χ1v) is 6.30. The molecule has 122 valence electrons. The molecule has 0 aromatic carbocycles. The summed E-state index contributed by atoms with van der Waals surface area (Å²) in [7, 11) is 0. The molecule has 0 unspecified atom stereocenters. The molecular weight excluding hydrogens is 292 g/mol. The number of nitrogens with zero attached hydrogens (tertiary/aromatic N) is 4. The van der Waals surface area contributed by atoms with Gasteiger partial charge in [0.1, 0.15) is 0 Å². The highest BCUT2D eigenvalue weighted by atomic mass is 16.3. The molecule has 0 aliphatic carbocycles. The van der Waals surface area contributed by atoms with E-state index in [9.17, 15) is 0 Å². The molecule has 2 aromatic rings. The van der Waals surface area contributed by atoms with Crippen LogP contribution in [0.5, 0.6) is 0 Å². The first-order chi connectivity index (χ1) is 11.1. The summed E-state index contributed by atoms with van der Waals surface area (Å²) in [6.07, 6.45) is 2.89. The molecule has 2 heterocycles. The fourth-order valence-electron chi connectivity index (χ4n) is 1.15. The van der Waals surface area contributed by atoms with E-state index in [-0.39, 0.29) is 20.6 Å². The van der Waals surface area contributed by atoms with Crippen LogP contribution < -0.4 is 0 Å². The van der Waals surface area contributed by atoms with Crippen LogP contribution in [0.4, 0.5) is 11.4 Å². The highest BCUT2D eigenvalue weighted by Crippen LogP contribution is 2.09. The van der Waals surface area contributed by atoms with Crippen molar-refractivity contribution in [1.82, 2.24) is 9.97 Å². The van der Waals surface area contributed by atoms with Gasteiger partial charge < -0.3 is 10.2 Å². The maximum absolute atomic E-state index is 8.56. The van der Waals surface area contributed by atoms with Crippen molar-refractivity contribution in [2.75, 3.05) is 0 Å². The van der Waals surface area contributed by atoms with E-state index < -0.39 is 0 Å². The Morgan fingerprint density at radius 3 is 1.48 bits per heavy atom. The van der Waals surface area contributed by atoms with E-state index in [0.717, 1.165) is 0 Å². The van der Waals surface area contributed by atoms with Crippen molar-refractivity contribution in [3.8, 4) is 0 Å². The summed E-state index contributed by atoms with van der Waals surface area (Å²) in [4.78, 5) is 13.9. The molecule has 2 rings (SSSR count). The zero-order valence-electron chi connectivity index (χ0n) is 13.3. The Balaban J connectivity index is 0. The van der Waals surface area contributed by atoms with E-state index in [4.69, 9.17) is 24.7 Å². The van der Waals surface area contributed by atoms with Crippen LogP contribution >= 0.6 is 0 Å². The van der Waals surface area contributed by atoms with Gasteiger partial charge in [0.2, 0.25) is 11.4 Å². The van der Waals surface area contributed by atoms with Crippen LogP contribution in [0.1, 0.15) is 34.0 Å². The third kappa shape index (κ3) is 8.94. The number of aromatic nitrogens is 2. The van der Waals surface area contributed by atoms with Gasteiger partial charge in [-0.3, -0.25) is 9.97 Å². The second kappa shape index (κ2) is 14.2. The third-order valence-electron chi connectivity index (χ3n) is 2.20. The van der Waals surface area contributed by atoms with E-state index >= 15 is 0 Å². The number of hydrogen-bond acceptors (Lipinski definition) is 4. The van der Waals surface area contributed by atoms with Crippen molar-refractivity contribution in [2.45, 2.75) is 34.5 Å². The first kappa shape index (κ1) is 20.2. The SMILES string of the molecule is C.[2H]CC.[C-]#[N+]c1ccc(CO)nc1.[C-]#[N+]c1ccc(CO)nc1. The van der Waals surface area contributed by atoms with Gasteiger partial charge >= 0.3 is 0 Å². The quantitative estimate of drug-likeness (QED) is 0.824. The van der Waals surface area contributed by atoms with Crippen LogP contribution in [0.15, 0.2) is 36.7 Å². The Bertz CT molecular complexity index is 574. The first-order valence-electron chi connectivity index (χ1n) is 7.01. The van der Waals surface area contributed by atoms with E-state index in [2.05, 4.69) is 19.7 Å². The van der Waals surface area contributed by atoms with Crippen LogP contribution in [0, 0.1) is 13.1 Å². The topological polar surface area (TPSA) is 75.0 Å². The van der Waals surface area contributed by atoms with Crippen LogP contribution in [0.3, 0.4) is 0 Å². The average molecular weight is 315 g/mol. The van der Waals surface area contributed by atoms with Crippen molar-refractivity contribution in [3.63, 3.8) is 0 Å². The Kier molecular flexibility index (Phi) is 12.4. The summed E-state index contributed by atoms with van der Waals surface area (Å²) in [6, 6.07) is 6.53. The fourth-order valence-corrected chi connectivity index (χ4v) is 1.15. The zero-order chi connectivity index (χ0) is 17.5.